The van der Waals surface area contributed by atoms with Crippen molar-refractivity contribution in [2.75, 3.05) is 6.54 Å². The first kappa shape index (κ1) is 22.4. The van der Waals surface area contributed by atoms with E-state index in [1.54, 1.807) is 0 Å². The molecular formula is C25H32ClN3O. The minimum Gasteiger partial charge on any atom is -0.356 e. The molecule has 0 aliphatic carbocycles. The number of hydrogen-bond acceptors (Lipinski definition) is 2. The van der Waals surface area contributed by atoms with Crippen LogP contribution in [0.4, 0.5) is 0 Å². The highest BCUT2D eigenvalue weighted by atomic mass is 35.5. The van der Waals surface area contributed by atoms with Gasteiger partial charge in [0.2, 0.25) is 5.91 Å². The molecule has 2 aromatic carbocycles. The zero-order valence-corrected chi connectivity index (χ0v) is 18.8. The van der Waals surface area contributed by atoms with Crippen LogP contribution in [0.2, 0.25) is 5.02 Å². The molecule has 5 heteroatoms. The molecule has 0 fully saturated rings. The van der Waals surface area contributed by atoms with Crippen molar-refractivity contribution in [3.8, 4) is 0 Å². The molecule has 1 amide bonds. The number of aromatic nitrogens is 2. The van der Waals surface area contributed by atoms with Gasteiger partial charge in [-0.2, -0.15) is 0 Å². The average Bonchev–Trinajstić information content (AvgIpc) is 3.09. The summed E-state index contributed by atoms with van der Waals surface area (Å²) in [4.78, 5) is 17.0. The summed E-state index contributed by atoms with van der Waals surface area (Å²) >= 11 is 5.88. The fourth-order valence-corrected chi connectivity index (χ4v) is 3.75. The highest BCUT2D eigenvalue weighted by molar-refractivity contribution is 6.30. The lowest BCUT2D eigenvalue weighted by molar-refractivity contribution is -0.120. The topological polar surface area (TPSA) is 46.9 Å². The van der Waals surface area contributed by atoms with Crippen LogP contribution in [0.5, 0.6) is 0 Å². The summed E-state index contributed by atoms with van der Waals surface area (Å²) in [5, 5.41) is 3.71. The molecule has 1 unspecified atom stereocenters. The number of fused-ring (bicyclic) bond motifs is 1. The average molecular weight is 426 g/mol. The fraction of sp³-hybridized carbons (Fsp3) is 0.440. The summed E-state index contributed by atoms with van der Waals surface area (Å²) in [6, 6.07) is 15.8. The molecule has 160 valence electrons. The van der Waals surface area contributed by atoms with Crippen molar-refractivity contribution in [1.29, 1.82) is 0 Å². The molecule has 0 bridgehead atoms. The first-order valence-corrected chi connectivity index (χ1v) is 11.4. The molecule has 0 spiro atoms. The van der Waals surface area contributed by atoms with Crippen LogP contribution in [-0.4, -0.2) is 22.0 Å². The zero-order chi connectivity index (χ0) is 21.3. The van der Waals surface area contributed by atoms with Gasteiger partial charge in [-0.05, 0) is 48.6 Å². The van der Waals surface area contributed by atoms with E-state index in [2.05, 4.69) is 48.0 Å². The van der Waals surface area contributed by atoms with Crippen molar-refractivity contribution in [3.63, 3.8) is 0 Å². The first-order valence-electron chi connectivity index (χ1n) is 11.0. The van der Waals surface area contributed by atoms with Crippen LogP contribution < -0.4 is 5.32 Å². The number of nitrogens with one attached hydrogen (secondary N) is 1. The summed E-state index contributed by atoms with van der Waals surface area (Å²) in [6.45, 7) is 6.28. The molecule has 30 heavy (non-hydrogen) atoms. The summed E-state index contributed by atoms with van der Waals surface area (Å²) < 4.78 is 2.40. The van der Waals surface area contributed by atoms with Crippen molar-refractivity contribution in [1.82, 2.24) is 14.9 Å². The third-order valence-electron chi connectivity index (χ3n) is 5.60. The monoisotopic (exact) mass is 425 g/mol. The van der Waals surface area contributed by atoms with Gasteiger partial charge in [-0.15, -0.1) is 0 Å². The molecule has 3 rings (SSSR count). The number of benzene rings is 2. The predicted octanol–water partition coefficient (Wildman–Crippen LogP) is 5.81. The van der Waals surface area contributed by atoms with E-state index in [0.29, 0.717) is 17.4 Å². The number of rotatable bonds is 11. The second kappa shape index (κ2) is 11.2. The van der Waals surface area contributed by atoms with Crippen molar-refractivity contribution < 1.29 is 4.79 Å². The maximum atomic E-state index is 12.1. The SMILES string of the molecule is CCC(C)Cn1c(CCCCCNC(=O)Cc2ccc(Cl)cc2)nc2ccccc21. The number of hydrogen-bond donors (Lipinski definition) is 1. The van der Waals surface area contributed by atoms with Gasteiger partial charge in [-0.25, -0.2) is 4.98 Å². The van der Waals surface area contributed by atoms with Crippen LogP contribution in [0.3, 0.4) is 0 Å². The zero-order valence-electron chi connectivity index (χ0n) is 18.0. The summed E-state index contributed by atoms with van der Waals surface area (Å²) in [5.41, 5.74) is 3.31. The number of carbonyl (C=O) groups is 1. The molecule has 0 saturated heterocycles. The third kappa shape index (κ3) is 6.33. The maximum Gasteiger partial charge on any atom is 0.224 e. The smallest absolute Gasteiger partial charge is 0.224 e. The predicted molar refractivity (Wildman–Crippen MR) is 125 cm³/mol. The Morgan fingerprint density at radius 3 is 2.63 bits per heavy atom. The third-order valence-corrected chi connectivity index (χ3v) is 5.85. The second-order valence-electron chi connectivity index (χ2n) is 8.10. The van der Waals surface area contributed by atoms with Crippen molar-refractivity contribution in [2.45, 2.75) is 58.9 Å². The molecule has 0 radical (unpaired) electrons. The number of unbranched alkanes of at least 4 members (excludes halogenated alkanes) is 2. The van der Waals surface area contributed by atoms with Crippen molar-refractivity contribution in [3.05, 3.63) is 64.9 Å². The van der Waals surface area contributed by atoms with E-state index in [1.165, 1.54) is 17.8 Å². The molecule has 3 aromatic rings. The number of imidazole rings is 1. The van der Waals surface area contributed by atoms with Gasteiger partial charge in [0, 0.05) is 24.5 Å². The Labute approximate surface area is 184 Å². The van der Waals surface area contributed by atoms with E-state index >= 15 is 0 Å². The molecule has 1 heterocycles. The van der Waals surface area contributed by atoms with Crippen LogP contribution >= 0.6 is 11.6 Å². The Balaban J connectivity index is 1.43. The Morgan fingerprint density at radius 2 is 1.87 bits per heavy atom. The number of nitrogens with zero attached hydrogens (tertiary/aromatic N) is 2. The summed E-state index contributed by atoms with van der Waals surface area (Å²) in [6.07, 6.45) is 5.69. The lowest BCUT2D eigenvalue weighted by atomic mass is 10.1. The molecule has 1 aromatic heterocycles. The van der Waals surface area contributed by atoms with E-state index in [0.717, 1.165) is 49.9 Å². The quantitative estimate of drug-likeness (QED) is 0.394. The van der Waals surface area contributed by atoms with Crippen molar-refractivity contribution in [2.24, 2.45) is 5.92 Å². The van der Waals surface area contributed by atoms with Gasteiger partial charge in [0.15, 0.2) is 0 Å². The molecule has 1 N–H and O–H groups in total. The number of halogens is 1. The Morgan fingerprint density at radius 1 is 1.10 bits per heavy atom. The minimum atomic E-state index is 0.0627. The van der Waals surface area contributed by atoms with Crippen LogP contribution in [0.15, 0.2) is 48.5 Å². The van der Waals surface area contributed by atoms with Crippen LogP contribution in [0.1, 0.15) is 50.9 Å². The van der Waals surface area contributed by atoms with E-state index in [1.807, 2.05) is 24.3 Å². The van der Waals surface area contributed by atoms with Gasteiger partial charge in [0.1, 0.15) is 5.82 Å². The number of aryl methyl sites for hydroxylation is 1. The summed E-state index contributed by atoms with van der Waals surface area (Å²) in [7, 11) is 0. The Hall–Kier alpha value is -2.33. The Kier molecular flexibility index (Phi) is 8.32. The molecule has 1 atom stereocenters. The first-order chi connectivity index (χ1) is 14.6. The van der Waals surface area contributed by atoms with Crippen LogP contribution in [0.25, 0.3) is 11.0 Å². The lowest BCUT2D eigenvalue weighted by Crippen LogP contribution is -2.26. The van der Waals surface area contributed by atoms with Crippen LogP contribution in [-0.2, 0) is 24.2 Å². The maximum absolute atomic E-state index is 12.1. The van der Waals surface area contributed by atoms with Gasteiger partial charge >= 0.3 is 0 Å². The molecule has 0 saturated carbocycles. The van der Waals surface area contributed by atoms with Crippen molar-refractivity contribution >= 4 is 28.5 Å². The Bertz CT molecular complexity index is 949. The largest absolute Gasteiger partial charge is 0.356 e. The number of para-hydroxylation sites is 2. The molecule has 4 nitrogen and oxygen atoms in total. The van der Waals surface area contributed by atoms with Gasteiger partial charge in [-0.3, -0.25) is 4.79 Å². The number of carbonyl (C=O) groups excluding carboxylic acids is 1. The normalized spacial score (nSPS) is 12.2. The number of amides is 1. The van der Waals surface area contributed by atoms with E-state index in [-0.39, 0.29) is 5.91 Å². The van der Waals surface area contributed by atoms with Gasteiger partial charge < -0.3 is 9.88 Å². The van der Waals surface area contributed by atoms with Gasteiger partial charge in [0.25, 0.3) is 0 Å². The van der Waals surface area contributed by atoms with Crippen LogP contribution in [0, 0.1) is 5.92 Å². The second-order valence-corrected chi connectivity index (χ2v) is 8.54. The molecule has 0 aliphatic rings. The van der Waals surface area contributed by atoms with E-state index in [9.17, 15) is 4.79 Å². The standard InChI is InChI=1S/C25H32ClN3O/c1-3-19(2)18-29-23-10-7-6-9-22(23)28-24(29)11-5-4-8-16-27-25(30)17-20-12-14-21(26)15-13-20/h6-7,9-10,12-15,19H,3-5,8,11,16-18H2,1-2H3,(H,27,30). The van der Waals surface area contributed by atoms with Gasteiger partial charge in [-0.1, -0.05) is 62.6 Å². The highest BCUT2D eigenvalue weighted by Crippen LogP contribution is 2.20. The molecule has 0 aliphatic heterocycles. The molecular weight excluding hydrogens is 394 g/mol. The highest BCUT2D eigenvalue weighted by Gasteiger charge is 2.12. The minimum absolute atomic E-state index is 0.0627. The lowest BCUT2D eigenvalue weighted by Gasteiger charge is -2.14. The van der Waals surface area contributed by atoms with E-state index in [4.69, 9.17) is 16.6 Å². The summed E-state index contributed by atoms with van der Waals surface area (Å²) in [5.74, 6) is 1.88. The van der Waals surface area contributed by atoms with E-state index < -0.39 is 0 Å². The fourth-order valence-electron chi connectivity index (χ4n) is 3.62. The van der Waals surface area contributed by atoms with Gasteiger partial charge in [0.05, 0.1) is 17.5 Å².